The molecule has 1 aromatic heterocycles. The topological polar surface area (TPSA) is 34.9 Å². The minimum absolute atomic E-state index is 0.0833. The van der Waals surface area contributed by atoms with Gasteiger partial charge in [0.15, 0.2) is 11.6 Å². The maximum atomic E-state index is 12.9. The summed E-state index contributed by atoms with van der Waals surface area (Å²) >= 11 is 0. The van der Waals surface area contributed by atoms with Gasteiger partial charge >= 0.3 is 0 Å². The van der Waals surface area contributed by atoms with Crippen LogP contribution in [0, 0.1) is 18.6 Å². The third kappa shape index (κ3) is 1.71. The smallest absolute Gasteiger partial charge is 0.263 e. The van der Waals surface area contributed by atoms with Gasteiger partial charge in [-0.1, -0.05) is 0 Å². The van der Waals surface area contributed by atoms with Crippen molar-refractivity contribution in [1.82, 2.24) is 9.55 Å². The van der Waals surface area contributed by atoms with Crippen molar-refractivity contribution < 1.29 is 13.6 Å². The van der Waals surface area contributed by atoms with Crippen molar-refractivity contribution in [2.24, 2.45) is 0 Å². The number of benzene rings is 1. The van der Waals surface area contributed by atoms with Crippen LogP contribution in [0.15, 0.2) is 30.6 Å². The molecule has 0 unspecified atom stereocenters. The molecule has 5 heteroatoms. The van der Waals surface area contributed by atoms with Crippen LogP contribution in [0.25, 0.3) is 0 Å². The van der Waals surface area contributed by atoms with Crippen LogP contribution in [0.5, 0.6) is 0 Å². The van der Waals surface area contributed by atoms with Gasteiger partial charge in [0.25, 0.3) is 5.91 Å². The number of carbonyl (C=O) groups is 1. The number of nitrogens with zero attached hydrogens (tertiary/aromatic N) is 2. The molecule has 3 nitrogen and oxygen atoms in total. The molecule has 2 rings (SSSR count). The molecule has 0 saturated carbocycles. The van der Waals surface area contributed by atoms with E-state index in [-0.39, 0.29) is 5.56 Å². The Morgan fingerprint density at radius 2 is 2.06 bits per heavy atom. The molecule has 0 N–H and O–H groups in total. The van der Waals surface area contributed by atoms with E-state index < -0.39 is 17.5 Å². The highest BCUT2D eigenvalue weighted by molar-refractivity contribution is 5.96. The Labute approximate surface area is 90.3 Å². The summed E-state index contributed by atoms with van der Waals surface area (Å²) in [5, 5.41) is 0. The van der Waals surface area contributed by atoms with E-state index in [1.807, 2.05) is 0 Å². The fourth-order valence-corrected chi connectivity index (χ4v) is 1.36. The first-order chi connectivity index (χ1) is 7.59. The van der Waals surface area contributed by atoms with Gasteiger partial charge in [0.05, 0.1) is 0 Å². The average Bonchev–Trinajstić information content (AvgIpc) is 2.67. The molecule has 0 aliphatic rings. The van der Waals surface area contributed by atoms with Gasteiger partial charge in [-0.15, -0.1) is 0 Å². The molecule has 0 bridgehead atoms. The Kier molecular flexibility index (Phi) is 2.52. The number of hydrogen-bond acceptors (Lipinski definition) is 2. The minimum Gasteiger partial charge on any atom is -0.270 e. The first kappa shape index (κ1) is 10.5. The monoisotopic (exact) mass is 222 g/mol. The van der Waals surface area contributed by atoms with E-state index in [0.717, 1.165) is 12.1 Å². The molecule has 0 saturated heterocycles. The summed E-state index contributed by atoms with van der Waals surface area (Å²) in [5.41, 5.74) is 0.0833. The summed E-state index contributed by atoms with van der Waals surface area (Å²) < 4.78 is 26.9. The summed E-state index contributed by atoms with van der Waals surface area (Å²) in [7, 11) is 0. The zero-order valence-electron chi connectivity index (χ0n) is 8.45. The molecule has 0 spiro atoms. The van der Waals surface area contributed by atoms with Gasteiger partial charge in [0.2, 0.25) is 0 Å². The fraction of sp³-hybridized carbons (Fsp3) is 0.0909. The molecule has 0 amide bonds. The van der Waals surface area contributed by atoms with Gasteiger partial charge in [-0.3, -0.25) is 9.36 Å². The maximum absolute atomic E-state index is 12.9. The lowest BCUT2D eigenvalue weighted by Gasteiger charge is -2.03. The summed E-state index contributed by atoms with van der Waals surface area (Å²) in [6.07, 6.45) is 2.94. The standard InChI is InChI=1S/C11H8F2N2O/c1-7-14-4-5-15(7)11(16)8-2-3-9(12)10(13)6-8/h2-6H,1H3. The first-order valence-electron chi connectivity index (χ1n) is 4.59. The quantitative estimate of drug-likeness (QED) is 0.741. The molecule has 1 aromatic carbocycles. The maximum Gasteiger partial charge on any atom is 0.263 e. The van der Waals surface area contributed by atoms with Crippen molar-refractivity contribution in [3.8, 4) is 0 Å². The van der Waals surface area contributed by atoms with Gasteiger partial charge in [0, 0.05) is 18.0 Å². The third-order valence-electron chi connectivity index (χ3n) is 2.21. The molecule has 0 aliphatic carbocycles. The van der Waals surface area contributed by atoms with Crippen molar-refractivity contribution in [2.75, 3.05) is 0 Å². The molecule has 0 atom stereocenters. The molecular formula is C11H8F2N2O. The summed E-state index contributed by atoms with van der Waals surface area (Å²) in [6.45, 7) is 1.65. The first-order valence-corrected chi connectivity index (χ1v) is 4.59. The van der Waals surface area contributed by atoms with Crippen LogP contribution in [0.2, 0.25) is 0 Å². The van der Waals surface area contributed by atoms with E-state index in [1.54, 1.807) is 6.92 Å². The van der Waals surface area contributed by atoms with E-state index >= 15 is 0 Å². The predicted octanol–water partition coefficient (Wildman–Crippen LogP) is 2.16. The van der Waals surface area contributed by atoms with Crippen LogP contribution < -0.4 is 0 Å². The number of halogens is 2. The van der Waals surface area contributed by atoms with E-state index in [4.69, 9.17) is 0 Å². The number of hydrogen-bond donors (Lipinski definition) is 0. The van der Waals surface area contributed by atoms with Crippen LogP contribution in [0.3, 0.4) is 0 Å². The largest absolute Gasteiger partial charge is 0.270 e. The van der Waals surface area contributed by atoms with E-state index in [2.05, 4.69) is 4.98 Å². The molecule has 1 heterocycles. The Morgan fingerprint density at radius 1 is 1.31 bits per heavy atom. The van der Waals surface area contributed by atoms with Crippen molar-refractivity contribution in [3.05, 3.63) is 53.6 Å². The lowest BCUT2D eigenvalue weighted by atomic mass is 10.2. The molecule has 2 aromatic rings. The van der Waals surface area contributed by atoms with Crippen molar-refractivity contribution in [2.45, 2.75) is 6.92 Å². The SMILES string of the molecule is Cc1nccn1C(=O)c1ccc(F)c(F)c1. The fourth-order valence-electron chi connectivity index (χ4n) is 1.36. The lowest BCUT2D eigenvalue weighted by Crippen LogP contribution is -2.13. The second-order valence-corrected chi connectivity index (χ2v) is 3.28. The van der Waals surface area contributed by atoms with Crippen LogP contribution >= 0.6 is 0 Å². The molecule has 0 aliphatic heterocycles. The Morgan fingerprint density at radius 3 is 2.62 bits per heavy atom. The van der Waals surface area contributed by atoms with Crippen molar-refractivity contribution >= 4 is 5.91 Å². The third-order valence-corrected chi connectivity index (χ3v) is 2.21. The lowest BCUT2D eigenvalue weighted by molar-refractivity contribution is 0.0957. The normalized spacial score (nSPS) is 10.4. The second kappa shape index (κ2) is 3.84. The van der Waals surface area contributed by atoms with Crippen LogP contribution in [-0.4, -0.2) is 15.5 Å². The average molecular weight is 222 g/mol. The molecule has 0 radical (unpaired) electrons. The van der Waals surface area contributed by atoms with Gasteiger partial charge in [-0.2, -0.15) is 0 Å². The van der Waals surface area contributed by atoms with Gasteiger partial charge in [-0.05, 0) is 25.1 Å². The number of aromatic nitrogens is 2. The number of rotatable bonds is 1. The number of imidazole rings is 1. The van der Waals surface area contributed by atoms with E-state index in [9.17, 15) is 13.6 Å². The molecule has 16 heavy (non-hydrogen) atoms. The van der Waals surface area contributed by atoms with E-state index in [1.165, 1.54) is 23.0 Å². The van der Waals surface area contributed by atoms with Crippen molar-refractivity contribution in [3.63, 3.8) is 0 Å². The molecular weight excluding hydrogens is 214 g/mol. The Hall–Kier alpha value is -2.04. The van der Waals surface area contributed by atoms with Gasteiger partial charge in [0.1, 0.15) is 5.82 Å². The highest BCUT2D eigenvalue weighted by Gasteiger charge is 2.12. The number of carbonyl (C=O) groups excluding carboxylic acids is 1. The summed E-state index contributed by atoms with van der Waals surface area (Å²) in [6, 6.07) is 3.03. The molecule has 0 fully saturated rings. The number of aryl methyl sites for hydroxylation is 1. The minimum atomic E-state index is -1.04. The Bertz CT molecular complexity index is 549. The molecule has 82 valence electrons. The van der Waals surface area contributed by atoms with Crippen LogP contribution in [-0.2, 0) is 0 Å². The summed E-state index contributed by atoms with van der Waals surface area (Å²) in [4.78, 5) is 15.7. The highest BCUT2D eigenvalue weighted by Crippen LogP contribution is 2.11. The zero-order chi connectivity index (χ0) is 11.7. The second-order valence-electron chi connectivity index (χ2n) is 3.28. The Balaban J connectivity index is 2.42. The highest BCUT2D eigenvalue weighted by atomic mass is 19.2. The van der Waals surface area contributed by atoms with E-state index in [0.29, 0.717) is 5.82 Å². The summed E-state index contributed by atoms with van der Waals surface area (Å²) in [5.74, 6) is -1.95. The van der Waals surface area contributed by atoms with Gasteiger partial charge < -0.3 is 0 Å². The predicted molar refractivity (Wildman–Crippen MR) is 53.1 cm³/mol. The van der Waals surface area contributed by atoms with Crippen LogP contribution in [0.1, 0.15) is 16.2 Å². The van der Waals surface area contributed by atoms with Crippen LogP contribution in [0.4, 0.5) is 8.78 Å². The zero-order valence-corrected chi connectivity index (χ0v) is 8.45. The van der Waals surface area contributed by atoms with Gasteiger partial charge in [-0.25, -0.2) is 13.8 Å². The van der Waals surface area contributed by atoms with Crippen molar-refractivity contribution in [1.29, 1.82) is 0 Å².